The largest absolute Gasteiger partial charge is 0.384 e. The molecule has 0 saturated carbocycles. The molecular weight excluding hydrogens is 280 g/mol. The average Bonchev–Trinajstić information content (AvgIpc) is 3.14. The van der Waals surface area contributed by atoms with Gasteiger partial charge < -0.3 is 10.6 Å². The Kier molecular flexibility index (Phi) is 3.19. The fraction of sp³-hybridized carbons (Fsp3) is 0.353. The summed E-state index contributed by atoms with van der Waals surface area (Å²) < 4.78 is 0. The lowest BCUT2D eigenvalue weighted by molar-refractivity contribution is -0.123. The van der Waals surface area contributed by atoms with Crippen molar-refractivity contribution in [2.45, 2.75) is 31.2 Å². The van der Waals surface area contributed by atoms with Crippen LogP contribution in [0, 0.1) is 0 Å². The lowest BCUT2D eigenvalue weighted by Crippen LogP contribution is -2.34. The number of aryl methyl sites for hydroxylation is 1. The number of para-hydroxylation sites is 1. The van der Waals surface area contributed by atoms with Gasteiger partial charge in [-0.2, -0.15) is 0 Å². The number of anilines is 1. The summed E-state index contributed by atoms with van der Waals surface area (Å²) in [6.45, 7) is 0.703. The molecule has 2 atom stereocenters. The van der Waals surface area contributed by atoms with Gasteiger partial charge >= 0.3 is 0 Å². The number of amides is 1. The van der Waals surface area contributed by atoms with Crippen molar-refractivity contribution in [3.05, 3.63) is 51.7 Å². The minimum absolute atomic E-state index is 0.0646. The van der Waals surface area contributed by atoms with Crippen LogP contribution in [-0.2, 0) is 11.2 Å². The molecule has 0 bridgehead atoms. The molecule has 3 nitrogen and oxygen atoms in total. The van der Waals surface area contributed by atoms with E-state index in [0.29, 0.717) is 6.54 Å². The van der Waals surface area contributed by atoms with Crippen molar-refractivity contribution >= 4 is 22.9 Å². The summed E-state index contributed by atoms with van der Waals surface area (Å²) in [4.78, 5) is 14.1. The first kappa shape index (κ1) is 12.9. The van der Waals surface area contributed by atoms with Crippen molar-refractivity contribution in [2.75, 3.05) is 11.9 Å². The second kappa shape index (κ2) is 5.19. The van der Waals surface area contributed by atoms with Crippen molar-refractivity contribution in [1.82, 2.24) is 5.32 Å². The smallest absolute Gasteiger partial charge is 0.229 e. The lowest BCUT2D eigenvalue weighted by atomic mass is 9.92. The van der Waals surface area contributed by atoms with E-state index in [1.807, 2.05) is 29.5 Å². The van der Waals surface area contributed by atoms with Gasteiger partial charge in [-0.3, -0.25) is 4.79 Å². The Bertz CT molecular complexity index is 679. The highest BCUT2D eigenvalue weighted by atomic mass is 32.1. The van der Waals surface area contributed by atoms with Gasteiger partial charge in [-0.1, -0.05) is 18.2 Å². The molecule has 2 N–H and O–H groups in total. The van der Waals surface area contributed by atoms with Gasteiger partial charge in [0.25, 0.3) is 0 Å². The number of thiophene rings is 1. The third-order valence-corrected chi connectivity index (χ3v) is 5.51. The predicted octanol–water partition coefficient (Wildman–Crippen LogP) is 3.45. The van der Waals surface area contributed by atoms with Crippen LogP contribution < -0.4 is 10.6 Å². The Balaban J connectivity index is 1.53. The predicted molar refractivity (Wildman–Crippen MR) is 85.8 cm³/mol. The van der Waals surface area contributed by atoms with Gasteiger partial charge in [0.1, 0.15) is 0 Å². The van der Waals surface area contributed by atoms with E-state index >= 15 is 0 Å². The van der Waals surface area contributed by atoms with Crippen molar-refractivity contribution in [3.63, 3.8) is 0 Å². The summed E-state index contributed by atoms with van der Waals surface area (Å²) >= 11 is 1.81. The van der Waals surface area contributed by atoms with Crippen LogP contribution in [0.25, 0.3) is 0 Å². The molecule has 4 rings (SSSR count). The van der Waals surface area contributed by atoms with Crippen LogP contribution in [0.2, 0.25) is 0 Å². The molecule has 1 aromatic heterocycles. The van der Waals surface area contributed by atoms with E-state index in [4.69, 9.17) is 0 Å². The Labute approximate surface area is 128 Å². The van der Waals surface area contributed by atoms with Gasteiger partial charge in [-0.05, 0) is 47.9 Å². The zero-order valence-corrected chi connectivity index (χ0v) is 12.6. The summed E-state index contributed by atoms with van der Waals surface area (Å²) in [5, 5.41) is 8.74. The fourth-order valence-corrected chi connectivity index (χ4v) is 4.41. The van der Waals surface area contributed by atoms with E-state index in [1.54, 1.807) is 0 Å². The minimum Gasteiger partial charge on any atom is -0.384 e. The van der Waals surface area contributed by atoms with Crippen LogP contribution >= 0.6 is 11.3 Å². The Hall–Kier alpha value is -1.81. The monoisotopic (exact) mass is 298 g/mol. The van der Waals surface area contributed by atoms with Crippen molar-refractivity contribution < 1.29 is 4.79 Å². The first-order valence-corrected chi connectivity index (χ1v) is 8.40. The molecule has 0 saturated heterocycles. The third kappa shape index (κ3) is 2.23. The van der Waals surface area contributed by atoms with Gasteiger partial charge in [0.15, 0.2) is 0 Å². The summed E-state index contributed by atoms with van der Waals surface area (Å²) in [5.41, 5.74) is 3.55. The number of nitrogens with one attached hydrogen (secondary N) is 2. The highest BCUT2D eigenvalue weighted by Gasteiger charge is 2.31. The molecule has 1 aromatic carbocycles. The molecule has 1 amide bonds. The van der Waals surface area contributed by atoms with Crippen molar-refractivity contribution in [2.24, 2.45) is 0 Å². The number of rotatable bonds is 2. The highest BCUT2D eigenvalue weighted by Crippen LogP contribution is 2.35. The molecule has 2 aromatic rings. The number of carbonyl (C=O) groups excluding carboxylic acids is 1. The number of fused-ring (bicyclic) bond motifs is 2. The van der Waals surface area contributed by atoms with Gasteiger partial charge in [0, 0.05) is 17.1 Å². The standard InChI is InChI=1S/C17H18N2OS/c20-17(13-10-18-14-5-2-1-4-11(13)14)19-15-6-3-7-16-12(15)8-9-21-16/h1-2,4-5,8-9,13,15,18H,3,6-7,10H2,(H,19,20). The molecule has 2 heterocycles. The summed E-state index contributed by atoms with van der Waals surface area (Å²) in [7, 11) is 0. The van der Waals surface area contributed by atoms with Gasteiger partial charge in [0.2, 0.25) is 5.91 Å². The molecule has 2 unspecified atom stereocenters. The molecule has 1 aliphatic heterocycles. The van der Waals surface area contributed by atoms with Crippen LogP contribution in [0.5, 0.6) is 0 Å². The maximum atomic E-state index is 12.7. The molecule has 2 aliphatic rings. The van der Waals surface area contributed by atoms with E-state index in [9.17, 15) is 4.79 Å². The summed E-state index contributed by atoms with van der Waals surface area (Å²) in [6.07, 6.45) is 3.38. The number of benzene rings is 1. The van der Waals surface area contributed by atoms with Crippen LogP contribution in [0.1, 0.15) is 40.8 Å². The fourth-order valence-electron chi connectivity index (χ4n) is 3.43. The van der Waals surface area contributed by atoms with E-state index in [-0.39, 0.29) is 17.9 Å². The Morgan fingerprint density at radius 3 is 3.10 bits per heavy atom. The van der Waals surface area contributed by atoms with Gasteiger partial charge in [-0.25, -0.2) is 0 Å². The van der Waals surface area contributed by atoms with Crippen molar-refractivity contribution in [3.8, 4) is 0 Å². The minimum atomic E-state index is -0.0646. The first-order chi connectivity index (χ1) is 10.3. The highest BCUT2D eigenvalue weighted by molar-refractivity contribution is 7.10. The molecule has 108 valence electrons. The Morgan fingerprint density at radius 2 is 2.14 bits per heavy atom. The second-order valence-electron chi connectivity index (χ2n) is 5.77. The Morgan fingerprint density at radius 1 is 1.24 bits per heavy atom. The SMILES string of the molecule is O=C(NC1CCCc2sccc21)C1CNc2ccccc21. The third-order valence-electron chi connectivity index (χ3n) is 4.52. The molecule has 0 fully saturated rings. The van der Waals surface area contributed by atoms with E-state index < -0.39 is 0 Å². The normalized spacial score (nSPS) is 23.0. The van der Waals surface area contributed by atoms with E-state index in [2.05, 4.69) is 28.1 Å². The maximum Gasteiger partial charge on any atom is 0.229 e. The zero-order valence-electron chi connectivity index (χ0n) is 11.8. The topological polar surface area (TPSA) is 41.1 Å². The average molecular weight is 298 g/mol. The van der Waals surface area contributed by atoms with Crippen LogP contribution in [-0.4, -0.2) is 12.5 Å². The first-order valence-electron chi connectivity index (χ1n) is 7.52. The number of hydrogen-bond donors (Lipinski definition) is 2. The summed E-state index contributed by atoms with van der Waals surface area (Å²) in [6, 6.07) is 10.5. The lowest BCUT2D eigenvalue weighted by Gasteiger charge is -2.25. The van der Waals surface area contributed by atoms with Gasteiger partial charge in [-0.15, -0.1) is 11.3 Å². The van der Waals surface area contributed by atoms with Crippen LogP contribution in [0.3, 0.4) is 0 Å². The van der Waals surface area contributed by atoms with E-state index in [0.717, 1.165) is 30.5 Å². The van der Waals surface area contributed by atoms with Crippen LogP contribution in [0.4, 0.5) is 5.69 Å². The molecule has 1 aliphatic carbocycles. The molecule has 0 radical (unpaired) electrons. The molecule has 21 heavy (non-hydrogen) atoms. The maximum absolute atomic E-state index is 12.7. The molecular formula is C17H18N2OS. The number of hydrogen-bond acceptors (Lipinski definition) is 3. The van der Waals surface area contributed by atoms with Gasteiger partial charge in [0.05, 0.1) is 12.0 Å². The van der Waals surface area contributed by atoms with E-state index in [1.165, 1.54) is 10.4 Å². The molecule has 0 spiro atoms. The number of carbonyl (C=O) groups is 1. The van der Waals surface area contributed by atoms with Crippen LogP contribution in [0.15, 0.2) is 35.7 Å². The second-order valence-corrected chi connectivity index (χ2v) is 6.77. The summed E-state index contributed by atoms with van der Waals surface area (Å²) in [5.74, 6) is 0.0849. The molecule has 4 heteroatoms. The zero-order chi connectivity index (χ0) is 14.2. The van der Waals surface area contributed by atoms with Crippen molar-refractivity contribution in [1.29, 1.82) is 0 Å². The quantitative estimate of drug-likeness (QED) is 0.891.